The number of nitriles is 1. The van der Waals surface area contributed by atoms with Crippen LogP contribution in [0.25, 0.3) is 0 Å². The molecule has 160 valence electrons. The van der Waals surface area contributed by atoms with Crippen LogP contribution >= 0.6 is 11.3 Å². The highest BCUT2D eigenvalue weighted by Crippen LogP contribution is 2.51. The Bertz CT molecular complexity index is 1130. The molecule has 4 rings (SSSR count). The molecule has 1 aliphatic heterocycles. The van der Waals surface area contributed by atoms with Crippen LogP contribution in [0.15, 0.2) is 59.1 Å². The van der Waals surface area contributed by atoms with Crippen LogP contribution in [0, 0.1) is 16.7 Å². The van der Waals surface area contributed by atoms with Gasteiger partial charge in [0, 0.05) is 33.1 Å². The van der Waals surface area contributed by atoms with E-state index in [9.17, 15) is 10.1 Å². The quantitative estimate of drug-likeness (QED) is 0.663. The summed E-state index contributed by atoms with van der Waals surface area (Å²) in [6.45, 7) is 8.49. The molecule has 0 spiro atoms. The summed E-state index contributed by atoms with van der Waals surface area (Å²) in [5.74, 6) is 0.186. The Balaban J connectivity index is 1.95. The first-order valence-corrected chi connectivity index (χ1v) is 11.7. The van der Waals surface area contributed by atoms with Gasteiger partial charge >= 0.3 is 0 Å². The second-order valence-electron chi connectivity index (χ2n) is 9.16. The number of carbonyl (C=O) groups is 1. The predicted octanol–water partition coefficient (Wildman–Crippen LogP) is 5.81. The van der Waals surface area contributed by atoms with Crippen molar-refractivity contribution in [1.82, 2.24) is 0 Å². The molecule has 31 heavy (non-hydrogen) atoms. The second kappa shape index (κ2) is 8.01. The number of ketones is 1. The lowest BCUT2D eigenvalue weighted by molar-refractivity contribution is -0.118. The van der Waals surface area contributed by atoms with Crippen molar-refractivity contribution < 1.29 is 4.79 Å². The van der Waals surface area contributed by atoms with Gasteiger partial charge in [0.15, 0.2) is 5.78 Å². The van der Waals surface area contributed by atoms with E-state index in [-0.39, 0.29) is 17.1 Å². The van der Waals surface area contributed by atoms with Gasteiger partial charge in [-0.3, -0.25) is 9.69 Å². The summed E-state index contributed by atoms with van der Waals surface area (Å²) in [7, 11) is 0. The molecule has 0 saturated carbocycles. The molecule has 5 heteroatoms. The fraction of sp³-hybridized carbons (Fsp3) is 0.385. The molecular weight excluding hydrogens is 402 g/mol. The third-order valence-electron chi connectivity index (χ3n) is 6.30. The number of aryl methyl sites for hydroxylation is 2. The topological polar surface area (TPSA) is 70.1 Å². The number of thiophene rings is 1. The number of benzene rings is 1. The third kappa shape index (κ3) is 3.70. The Morgan fingerprint density at radius 2 is 1.84 bits per heavy atom. The van der Waals surface area contributed by atoms with Crippen LogP contribution in [-0.4, -0.2) is 5.78 Å². The largest absolute Gasteiger partial charge is 0.384 e. The minimum absolute atomic E-state index is 0.123. The van der Waals surface area contributed by atoms with E-state index in [1.165, 1.54) is 10.4 Å². The van der Waals surface area contributed by atoms with Crippen LogP contribution in [0.5, 0.6) is 0 Å². The van der Waals surface area contributed by atoms with Crippen LogP contribution in [0.4, 0.5) is 5.69 Å². The standard InChI is InChI=1S/C26H29N3OS/c1-5-16-7-9-17(10-8-16)29-20-13-26(3,4)14-21(30)24(20)23(19(15-27)25(29)28)22-12-11-18(6-2)31-22/h7-12,23H,5-6,13-14,28H2,1-4H3. The van der Waals surface area contributed by atoms with Gasteiger partial charge in [-0.05, 0) is 54.5 Å². The van der Waals surface area contributed by atoms with Crippen LogP contribution in [0.2, 0.25) is 0 Å². The van der Waals surface area contributed by atoms with Gasteiger partial charge in [0.25, 0.3) is 0 Å². The smallest absolute Gasteiger partial charge is 0.162 e. The van der Waals surface area contributed by atoms with Crippen LogP contribution in [0.1, 0.15) is 61.8 Å². The summed E-state index contributed by atoms with van der Waals surface area (Å²) < 4.78 is 0. The lowest BCUT2D eigenvalue weighted by atomic mass is 9.69. The van der Waals surface area contributed by atoms with Crippen LogP contribution in [-0.2, 0) is 17.6 Å². The molecule has 1 unspecified atom stereocenters. The fourth-order valence-electron chi connectivity index (χ4n) is 4.71. The molecule has 2 heterocycles. The zero-order chi connectivity index (χ0) is 22.3. The maximum Gasteiger partial charge on any atom is 0.162 e. The first-order chi connectivity index (χ1) is 14.8. The Kier molecular flexibility index (Phi) is 5.53. The number of anilines is 1. The summed E-state index contributed by atoms with van der Waals surface area (Å²) in [4.78, 5) is 17.7. The summed E-state index contributed by atoms with van der Waals surface area (Å²) >= 11 is 1.67. The summed E-state index contributed by atoms with van der Waals surface area (Å²) in [6.07, 6.45) is 3.11. The SMILES string of the molecule is CCc1ccc(N2C(N)=C(C#N)C(c3ccc(CC)s3)C3=C2CC(C)(C)CC3=O)cc1. The summed E-state index contributed by atoms with van der Waals surface area (Å²) in [5, 5.41) is 10.1. The average Bonchev–Trinajstić information content (AvgIpc) is 3.21. The monoisotopic (exact) mass is 431 g/mol. The van der Waals surface area contributed by atoms with Gasteiger partial charge in [0.05, 0.1) is 17.6 Å². The van der Waals surface area contributed by atoms with E-state index in [2.05, 4.69) is 58.0 Å². The van der Waals surface area contributed by atoms with Gasteiger partial charge in [-0.2, -0.15) is 5.26 Å². The highest BCUT2D eigenvalue weighted by atomic mass is 32.1. The Morgan fingerprint density at radius 1 is 1.13 bits per heavy atom. The lowest BCUT2D eigenvalue weighted by Crippen LogP contribution is -2.42. The van der Waals surface area contributed by atoms with Crippen molar-refractivity contribution >= 4 is 22.8 Å². The number of nitrogens with zero attached hydrogens (tertiary/aromatic N) is 2. The number of allylic oxidation sites excluding steroid dienone is 3. The molecule has 0 amide bonds. The van der Waals surface area contributed by atoms with Crippen molar-refractivity contribution in [3.63, 3.8) is 0 Å². The highest BCUT2D eigenvalue weighted by Gasteiger charge is 2.45. The molecule has 0 bridgehead atoms. The van der Waals surface area contributed by atoms with E-state index in [0.29, 0.717) is 17.8 Å². The van der Waals surface area contributed by atoms with Gasteiger partial charge in [-0.25, -0.2) is 0 Å². The number of nitrogens with two attached hydrogens (primary N) is 1. The molecule has 0 fully saturated rings. The van der Waals surface area contributed by atoms with Crippen molar-refractivity contribution in [2.24, 2.45) is 11.1 Å². The minimum atomic E-state index is -0.375. The zero-order valence-electron chi connectivity index (χ0n) is 18.7. The molecule has 2 aromatic rings. The van der Waals surface area contributed by atoms with Crippen LogP contribution < -0.4 is 10.6 Å². The van der Waals surface area contributed by atoms with Gasteiger partial charge < -0.3 is 5.73 Å². The molecule has 4 nitrogen and oxygen atoms in total. The Labute approximate surface area is 188 Å². The maximum atomic E-state index is 13.5. The molecule has 1 atom stereocenters. The van der Waals surface area contributed by atoms with E-state index < -0.39 is 0 Å². The fourth-order valence-corrected chi connectivity index (χ4v) is 5.78. The first kappa shape index (κ1) is 21.4. The number of hydrogen-bond acceptors (Lipinski definition) is 5. The van der Waals surface area contributed by atoms with Crippen molar-refractivity contribution in [2.75, 3.05) is 4.90 Å². The van der Waals surface area contributed by atoms with Crippen molar-refractivity contribution in [1.29, 1.82) is 5.26 Å². The summed E-state index contributed by atoms with van der Waals surface area (Å²) in [5.41, 5.74) is 10.8. The number of hydrogen-bond donors (Lipinski definition) is 1. The molecule has 0 radical (unpaired) electrons. The highest BCUT2D eigenvalue weighted by molar-refractivity contribution is 7.12. The van der Waals surface area contributed by atoms with Crippen LogP contribution in [0.3, 0.4) is 0 Å². The van der Waals surface area contributed by atoms with Gasteiger partial charge in [-0.1, -0.05) is 39.8 Å². The van der Waals surface area contributed by atoms with Crippen molar-refractivity contribution in [3.8, 4) is 6.07 Å². The van der Waals surface area contributed by atoms with E-state index in [1.807, 2.05) is 17.0 Å². The molecule has 1 aromatic heterocycles. The second-order valence-corrected chi connectivity index (χ2v) is 10.4. The Morgan fingerprint density at radius 3 is 2.42 bits per heavy atom. The van der Waals surface area contributed by atoms with E-state index in [1.54, 1.807) is 11.3 Å². The number of rotatable bonds is 4. The minimum Gasteiger partial charge on any atom is -0.384 e. The van der Waals surface area contributed by atoms with E-state index in [0.717, 1.165) is 41.1 Å². The van der Waals surface area contributed by atoms with E-state index >= 15 is 0 Å². The zero-order valence-corrected chi connectivity index (χ0v) is 19.5. The molecular formula is C26H29N3OS. The number of carbonyl (C=O) groups excluding carboxylic acids is 1. The molecule has 1 aliphatic carbocycles. The van der Waals surface area contributed by atoms with Crippen molar-refractivity contribution in [2.45, 2.75) is 59.3 Å². The molecule has 2 N–H and O–H groups in total. The molecule has 0 saturated heterocycles. The molecule has 2 aliphatic rings. The first-order valence-electron chi connectivity index (χ1n) is 10.9. The normalized spacial score (nSPS) is 20.7. The average molecular weight is 432 g/mol. The van der Waals surface area contributed by atoms with E-state index in [4.69, 9.17) is 5.73 Å². The van der Waals surface area contributed by atoms with Gasteiger partial charge in [0.2, 0.25) is 0 Å². The van der Waals surface area contributed by atoms with Crippen molar-refractivity contribution in [3.05, 3.63) is 74.4 Å². The molecule has 1 aromatic carbocycles. The third-order valence-corrected chi connectivity index (χ3v) is 7.59. The lowest BCUT2D eigenvalue weighted by Gasteiger charge is -2.43. The maximum absolute atomic E-state index is 13.5. The Hall–Kier alpha value is -2.84. The summed E-state index contributed by atoms with van der Waals surface area (Å²) in [6, 6.07) is 14.8. The predicted molar refractivity (Wildman–Crippen MR) is 127 cm³/mol. The number of Topliss-reactive ketones (excluding diaryl/α,β-unsaturated/α-hetero) is 1. The van der Waals surface area contributed by atoms with Gasteiger partial charge in [0.1, 0.15) is 5.82 Å². The van der Waals surface area contributed by atoms with Gasteiger partial charge in [-0.15, -0.1) is 11.3 Å².